The predicted molar refractivity (Wildman–Crippen MR) is 76.9 cm³/mol. The molecule has 5 heteroatoms. The maximum absolute atomic E-state index is 13.3. The third-order valence-electron chi connectivity index (χ3n) is 2.90. The lowest BCUT2D eigenvalue weighted by Crippen LogP contribution is -2.30. The molecular weight excluding hydrogens is 315 g/mol. The lowest BCUT2D eigenvalue weighted by atomic mass is 9.98. The molecule has 0 fully saturated rings. The molecule has 1 unspecified atom stereocenters. The molecule has 2 nitrogen and oxygen atoms in total. The largest absolute Gasteiger partial charge is 0.271 e. The monoisotopic (exact) mass is 328 g/mol. The van der Waals surface area contributed by atoms with E-state index < -0.39 is 0 Å². The molecule has 0 spiro atoms. The fourth-order valence-electron chi connectivity index (χ4n) is 1.90. The Morgan fingerprint density at radius 2 is 2.22 bits per heavy atom. The Hall–Kier alpha value is -0.750. The number of hydrazine groups is 1. The average molecular weight is 329 g/mol. The van der Waals surface area contributed by atoms with Crippen LogP contribution in [0.5, 0.6) is 0 Å². The molecule has 2 rings (SSSR count). The van der Waals surface area contributed by atoms with E-state index in [1.807, 2.05) is 18.4 Å². The van der Waals surface area contributed by atoms with E-state index in [9.17, 15) is 4.39 Å². The standard InChI is InChI=1S/C13H14BrFN2S/c1-8-2-3-9(15)6-10(8)12(17-16)7-13-11(14)4-5-18-13/h2-6,12,17H,7,16H2,1H3. The summed E-state index contributed by atoms with van der Waals surface area (Å²) in [7, 11) is 0. The lowest BCUT2D eigenvalue weighted by molar-refractivity contribution is 0.544. The first-order chi connectivity index (χ1) is 8.61. The van der Waals surface area contributed by atoms with Crippen molar-refractivity contribution in [3.8, 4) is 0 Å². The average Bonchev–Trinajstić information content (AvgIpc) is 2.75. The minimum Gasteiger partial charge on any atom is -0.271 e. The summed E-state index contributed by atoms with van der Waals surface area (Å²) in [5, 5.41) is 2.02. The highest BCUT2D eigenvalue weighted by Gasteiger charge is 2.16. The molecule has 0 aliphatic heterocycles. The van der Waals surface area contributed by atoms with Gasteiger partial charge in [-0.15, -0.1) is 11.3 Å². The van der Waals surface area contributed by atoms with E-state index in [1.165, 1.54) is 10.9 Å². The smallest absolute Gasteiger partial charge is 0.123 e. The minimum atomic E-state index is -0.235. The maximum Gasteiger partial charge on any atom is 0.123 e. The van der Waals surface area contributed by atoms with Crippen LogP contribution in [0.2, 0.25) is 0 Å². The second kappa shape index (κ2) is 5.93. The summed E-state index contributed by atoms with van der Waals surface area (Å²) >= 11 is 5.16. The van der Waals surface area contributed by atoms with E-state index >= 15 is 0 Å². The number of hydrogen-bond donors (Lipinski definition) is 2. The van der Waals surface area contributed by atoms with Crippen molar-refractivity contribution in [1.82, 2.24) is 5.43 Å². The first-order valence-corrected chi connectivity index (χ1v) is 7.23. The number of benzene rings is 1. The Balaban J connectivity index is 2.28. The van der Waals surface area contributed by atoms with Gasteiger partial charge in [-0.05, 0) is 57.6 Å². The Kier molecular flexibility index (Phi) is 4.50. The molecule has 1 atom stereocenters. The van der Waals surface area contributed by atoms with E-state index in [0.717, 1.165) is 22.0 Å². The molecular formula is C13H14BrFN2S. The number of nitrogens with two attached hydrogens (primary N) is 1. The Morgan fingerprint density at radius 1 is 1.44 bits per heavy atom. The summed E-state index contributed by atoms with van der Waals surface area (Å²) in [4.78, 5) is 1.20. The fraction of sp³-hybridized carbons (Fsp3) is 0.231. The highest BCUT2D eigenvalue weighted by Crippen LogP contribution is 2.29. The van der Waals surface area contributed by atoms with Crippen molar-refractivity contribution in [2.75, 3.05) is 0 Å². The highest BCUT2D eigenvalue weighted by atomic mass is 79.9. The molecule has 2 aromatic rings. The summed E-state index contributed by atoms with van der Waals surface area (Å²) < 4.78 is 14.4. The quantitative estimate of drug-likeness (QED) is 0.663. The molecule has 18 heavy (non-hydrogen) atoms. The first kappa shape index (κ1) is 13.7. The molecule has 0 bridgehead atoms. The zero-order valence-electron chi connectivity index (χ0n) is 9.91. The topological polar surface area (TPSA) is 38.0 Å². The van der Waals surface area contributed by atoms with Crippen molar-refractivity contribution in [1.29, 1.82) is 0 Å². The van der Waals surface area contributed by atoms with Gasteiger partial charge in [0.1, 0.15) is 5.82 Å². The molecule has 0 aliphatic rings. The van der Waals surface area contributed by atoms with E-state index in [4.69, 9.17) is 5.84 Å². The van der Waals surface area contributed by atoms with E-state index in [-0.39, 0.29) is 11.9 Å². The number of halogens is 2. The molecule has 3 N–H and O–H groups in total. The summed E-state index contributed by atoms with van der Waals surface area (Å²) in [6, 6.07) is 6.70. The zero-order chi connectivity index (χ0) is 13.1. The molecule has 0 amide bonds. The Labute approximate surface area is 118 Å². The van der Waals surface area contributed by atoms with Crippen LogP contribution in [-0.2, 0) is 6.42 Å². The Morgan fingerprint density at radius 3 is 2.83 bits per heavy atom. The lowest BCUT2D eigenvalue weighted by Gasteiger charge is -2.18. The van der Waals surface area contributed by atoms with Gasteiger partial charge in [0.15, 0.2) is 0 Å². The van der Waals surface area contributed by atoms with Crippen molar-refractivity contribution in [3.63, 3.8) is 0 Å². The SMILES string of the molecule is Cc1ccc(F)cc1C(Cc1sccc1Br)NN. The van der Waals surface area contributed by atoms with Crippen LogP contribution in [-0.4, -0.2) is 0 Å². The Bertz CT molecular complexity index is 542. The van der Waals surface area contributed by atoms with E-state index in [2.05, 4.69) is 21.4 Å². The summed E-state index contributed by atoms with van der Waals surface area (Å²) in [5.41, 5.74) is 4.71. The third-order valence-corrected chi connectivity index (χ3v) is 4.85. The molecule has 0 saturated heterocycles. The predicted octanol–water partition coefficient (Wildman–Crippen LogP) is 3.71. The van der Waals surface area contributed by atoms with Gasteiger partial charge in [0.2, 0.25) is 0 Å². The van der Waals surface area contributed by atoms with Crippen molar-refractivity contribution in [2.45, 2.75) is 19.4 Å². The molecule has 1 aromatic carbocycles. The maximum atomic E-state index is 13.3. The van der Waals surface area contributed by atoms with Gasteiger partial charge in [0.05, 0.1) is 6.04 Å². The van der Waals surface area contributed by atoms with Crippen LogP contribution in [0.1, 0.15) is 22.0 Å². The van der Waals surface area contributed by atoms with Gasteiger partial charge < -0.3 is 0 Å². The molecule has 0 aliphatic carbocycles. The van der Waals surface area contributed by atoms with Crippen LogP contribution in [0.25, 0.3) is 0 Å². The number of nitrogens with one attached hydrogen (secondary N) is 1. The van der Waals surface area contributed by atoms with Crippen molar-refractivity contribution >= 4 is 27.3 Å². The molecule has 1 heterocycles. The second-order valence-corrected chi connectivity index (χ2v) is 5.97. The summed E-state index contributed by atoms with van der Waals surface area (Å²) in [6.45, 7) is 1.96. The van der Waals surface area contributed by atoms with Gasteiger partial charge in [0, 0.05) is 15.8 Å². The van der Waals surface area contributed by atoms with Crippen molar-refractivity contribution < 1.29 is 4.39 Å². The molecule has 1 aromatic heterocycles. The zero-order valence-corrected chi connectivity index (χ0v) is 12.3. The van der Waals surface area contributed by atoms with Crippen LogP contribution in [0.3, 0.4) is 0 Å². The second-order valence-electron chi connectivity index (χ2n) is 4.12. The first-order valence-electron chi connectivity index (χ1n) is 5.56. The van der Waals surface area contributed by atoms with Crippen LogP contribution >= 0.6 is 27.3 Å². The molecule has 0 saturated carbocycles. The molecule has 96 valence electrons. The van der Waals surface area contributed by atoms with Gasteiger partial charge >= 0.3 is 0 Å². The van der Waals surface area contributed by atoms with Gasteiger partial charge in [-0.3, -0.25) is 11.3 Å². The van der Waals surface area contributed by atoms with Crippen LogP contribution in [0.15, 0.2) is 34.1 Å². The third kappa shape index (κ3) is 2.98. The van der Waals surface area contributed by atoms with Crippen molar-refractivity contribution in [3.05, 3.63) is 55.9 Å². The number of rotatable bonds is 4. The van der Waals surface area contributed by atoms with Crippen LogP contribution in [0, 0.1) is 12.7 Å². The van der Waals surface area contributed by atoms with Crippen molar-refractivity contribution in [2.24, 2.45) is 5.84 Å². The number of aryl methyl sites for hydroxylation is 1. The van der Waals surface area contributed by atoms with Gasteiger partial charge in [-0.2, -0.15) is 0 Å². The number of thiophene rings is 1. The van der Waals surface area contributed by atoms with Crippen LogP contribution in [0.4, 0.5) is 4.39 Å². The fourth-order valence-corrected chi connectivity index (χ4v) is 3.46. The van der Waals surface area contributed by atoms with Crippen LogP contribution < -0.4 is 11.3 Å². The highest BCUT2D eigenvalue weighted by molar-refractivity contribution is 9.10. The van der Waals surface area contributed by atoms with Gasteiger partial charge in [-0.25, -0.2) is 4.39 Å². The summed E-state index contributed by atoms with van der Waals surface area (Å²) in [5.74, 6) is 5.37. The summed E-state index contributed by atoms with van der Waals surface area (Å²) in [6.07, 6.45) is 0.735. The molecule has 0 radical (unpaired) electrons. The van der Waals surface area contributed by atoms with E-state index in [0.29, 0.717) is 0 Å². The van der Waals surface area contributed by atoms with Gasteiger partial charge in [0.25, 0.3) is 0 Å². The minimum absolute atomic E-state index is 0.0874. The normalized spacial score (nSPS) is 12.7. The number of hydrogen-bond acceptors (Lipinski definition) is 3. The van der Waals surface area contributed by atoms with Gasteiger partial charge in [-0.1, -0.05) is 6.07 Å². The van der Waals surface area contributed by atoms with E-state index in [1.54, 1.807) is 23.5 Å².